The molecule has 2 heteroatoms. The molecule has 234 valence electrons. The van der Waals surface area contributed by atoms with Gasteiger partial charge in [0, 0.05) is 33.4 Å². The lowest BCUT2D eigenvalue weighted by Gasteiger charge is -2.26. The quantitative estimate of drug-likeness (QED) is 0.175. The van der Waals surface area contributed by atoms with E-state index in [2.05, 4.69) is 181 Å². The zero-order valence-electron chi connectivity index (χ0n) is 27.3. The van der Waals surface area contributed by atoms with Crippen LogP contribution in [0.4, 0.5) is 17.1 Å². The molecule has 2 nitrogen and oxygen atoms in total. The third-order valence-electron chi connectivity index (χ3n) is 10.1. The predicted octanol–water partition coefficient (Wildman–Crippen LogP) is 13.8. The van der Waals surface area contributed by atoms with Crippen LogP contribution < -0.4 is 4.90 Å². The molecule has 10 rings (SSSR count). The minimum absolute atomic E-state index is 0.912. The Kier molecular flexibility index (Phi) is 6.53. The molecule has 9 aromatic carbocycles. The molecule has 10 aromatic rings. The number of furan rings is 1. The lowest BCUT2D eigenvalue weighted by molar-refractivity contribution is 0.670. The molecule has 0 aliphatic carbocycles. The van der Waals surface area contributed by atoms with Gasteiger partial charge < -0.3 is 9.32 Å². The number of anilines is 3. The van der Waals surface area contributed by atoms with Gasteiger partial charge in [-0.3, -0.25) is 0 Å². The van der Waals surface area contributed by atoms with E-state index >= 15 is 0 Å². The molecular formula is C48H31NO. The van der Waals surface area contributed by atoms with Crippen LogP contribution in [0.3, 0.4) is 0 Å². The van der Waals surface area contributed by atoms with E-state index in [0.29, 0.717) is 0 Å². The number of nitrogens with zero attached hydrogens (tertiary/aromatic N) is 1. The Hall–Kier alpha value is -6.64. The normalized spacial score (nSPS) is 11.6. The number of hydrogen-bond acceptors (Lipinski definition) is 2. The standard InChI is InChI=1S/C48H31NO/c1-2-12-35(13-3-1)49(36-26-21-33(22-27-36)39-18-10-19-44-43-17-8-9-20-47(43)50-48(39)44)37-28-23-34(24-29-37)45-31-46-38-14-5-4-11-32(38)25-30-42(46)40-15-6-7-16-41(40)45/h1-31H. The Balaban J connectivity index is 1.07. The topological polar surface area (TPSA) is 16.4 Å². The molecule has 0 spiro atoms. The molecule has 0 amide bonds. The fourth-order valence-corrected chi connectivity index (χ4v) is 7.68. The first-order valence-corrected chi connectivity index (χ1v) is 17.1. The van der Waals surface area contributed by atoms with Crippen molar-refractivity contribution in [1.82, 2.24) is 0 Å². The summed E-state index contributed by atoms with van der Waals surface area (Å²) in [6.07, 6.45) is 0. The Morgan fingerprint density at radius 2 is 0.880 bits per heavy atom. The van der Waals surface area contributed by atoms with Crippen LogP contribution >= 0.6 is 0 Å². The Morgan fingerprint density at radius 3 is 1.64 bits per heavy atom. The molecule has 1 aromatic heterocycles. The highest BCUT2D eigenvalue weighted by Gasteiger charge is 2.16. The van der Waals surface area contributed by atoms with Gasteiger partial charge in [-0.1, -0.05) is 140 Å². The highest BCUT2D eigenvalue weighted by molar-refractivity contribution is 6.21. The molecule has 0 aliphatic rings. The molecule has 0 saturated heterocycles. The molecule has 0 N–H and O–H groups in total. The van der Waals surface area contributed by atoms with Crippen molar-refractivity contribution in [3.05, 3.63) is 188 Å². The maximum absolute atomic E-state index is 6.36. The third kappa shape index (κ3) is 4.57. The summed E-state index contributed by atoms with van der Waals surface area (Å²) in [6, 6.07) is 67.4. The molecule has 0 atom stereocenters. The highest BCUT2D eigenvalue weighted by Crippen LogP contribution is 2.41. The molecule has 0 aliphatic heterocycles. The van der Waals surface area contributed by atoms with Crippen LogP contribution in [0, 0.1) is 0 Å². The van der Waals surface area contributed by atoms with Crippen molar-refractivity contribution in [3.8, 4) is 22.3 Å². The Labute approximate surface area is 290 Å². The average Bonchev–Trinajstić information content (AvgIpc) is 3.58. The summed E-state index contributed by atoms with van der Waals surface area (Å²) in [6.45, 7) is 0. The van der Waals surface area contributed by atoms with E-state index in [1.54, 1.807) is 0 Å². The fourth-order valence-electron chi connectivity index (χ4n) is 7.68. The van der Waals surface area contributed by atoms with Crippen LogP contribution in [0.25, 0.3) is 76.5 Å². The summed E-state index contributed by atoms with van der Waals surface area (Å²) < 4.78 is 6.36. The average molecular weight is 638 g/mol. The monoisotopic (exact) mass is 637 g/mol. The fraction of sp³-hybridized carbons (Fsp3) is 0. The first-order valence-electron chi connectivity index (χ1n) is 17.1. The van der Waals surface area contributed by atoms with E-state index in [1.807, 2.05) is 12.1 Å². The van der Waals surface area contributed by atoms with E-state index < -0.39 is 0 Å². The number of para-hydroxylation sites is 3. The summed E-state index contributed by atoms with van der Waals surface area (Å²) in [5, 5.41) is 9.93. The van der Waals surface area contributed by atoms with Gasteiger partial charge in [0.05, 0.1) is 0 Å². The summed E-state index contributed by atoms with van der Waals surface area (Å²) in [7, 11) is 0. The van der Waals surface area contributed by atoms with E-state index in [-0.39, 0.29) is 0 Å². The minimum Gasteiger partial charge on any atom is -0.455 e. The summed E-state index contributed by atoms with van der Waals surface area (Å²) >= 11 is 0. The van der Waals surface area contributed by atoms with Crippen LogP contribution in [-0.2, 0) is 0 Å². The van der Waals surface area contributed by atoms with Gasteiger partial charge in [0.1, 0.15) is 11.2 Å². The van der Waals surface area contributed by atoms with Gasteiger partial charge in [-0.25, -0.2) is 0 Å². The number of fused-ring (bicyclic) bond motifs is 8. The van der Waals surface area contributed by atoms with Gasteiger partial charge >= 0.3 is 0 Å². The van der Waals surface area contributed by atoms with Crippen LogP contribution in [-0.4, -0.2) is 0 Å². The van der Waals surface area contributed by atoms with Gasteiger partial charge in [-0.05, 0) is 97.5 Å². The second-order valence-corrected chi connectivity index (χ2v) is 12.9. The van der Waals surface area contributed by atoms with Crippen molar-refractivity contribution in [2.24, 2.45) is 0 Å². The second-order valence-electron chi connectivity index (χ2n) is 12.9. The van der Waals surface area contributed by atoms with Gasteiger partial charge in [0.2, 0.25) is 0 Å². The highest BCUT2D eigenvalue weighted by atomic mass is 16.3. The lowest BCUT2D eigenvalue weighted by Crippen LogP contribution is -2.09. The zero-order chi connectivity index (χ0) is 33.0. The molecule has 0 fully saturated rings. The Morgan fingerprint density at radius 1 is 0.320 bits per heavy atom. The first kappa shape index (κ1) is 28.4. The van der Waals surface area contributed by atoms with Crippen LogP contribution in [0.1, 0.15) is 0 Å². The molecule has 0 unspecified atom stereocenters. The zero-order valence-corrected chi connectivity index (χ0v) is 27.3. The lowest BCUT2D eigenvalue weighted by atomic mass is 9.91. The van der Waals surface area contributed by atoms with Crippen molar-refractivity contribution in [2.45, 2.75) is 0 Å². The van der Waals surface area contributed by atoms with Gasteiger partial charge in [-0.2, -0.15) is 0 Å². The van der Waals surface area contributed by atoms with Crippen LogP contribution in [0.15, 0.2) is 192 Å². The first-order chi connectivity index (χ1) is 24.8. The van der Waals surface area contributed by atoms with Gasteiger partial charge in [0.25, 0.3) is 0 Å². The summed E-state index contributed by atoms with van der Waals surface area (Å²) in [5.41, 5.74) is 9.79. The van der Waals surface area contributed by atoms with Crippen LogP contribution in [0.2, 0.25) is 0 Å². The molecule has 0 bridgehead atoms. The number of benzene rings is 9. The maximum Gasteiger partial charge on any atom is 0.143 e. The molecule has 0 saturated carbocycles. The van der Waals surface area contributed by atoms with Gasteiger partial charge in [-0.15, -0.1) is 0 Å². The van der Waals surface area contributed by atoms with Crippen LogP contribution in [0.5, 0.6) is 0 Å². The van der Waals surface area contributed by atoms with Crippen molar-refractivity contribution >= 4 is 71.3 Å². The summed E-state index contributed by atoms with van der Waals surface area (Å²) in [4.78, 5) is 2.32. The predicted molar refractivity (Wildman–Crippen MR) is 212 cm³/mol. The van der Waals surface area contributed by atoms with E-state index in [0.717, 1.165) is 50.1 Å². The number of hydrogen-bond donors (Lipinski definition) is 0. The smallest absolute Gasteiger partial charge is 0.143 e. The maximum atomic E-state index is 6.36. The third-order valence-corrected chi connectivity index (χ3v) is 10.1. The van der Waals surface area contributed by atoms with Gasteiger partial charge in [0.15, 0.2) is 0 Å². The van der Waals surface area contributed by atoms with Crippen molar-refractivity contribution < 1.29 is 4.42 Å². The Bertz CT molecular complexity index is 2850. The summed E-state index contributed by atoms with van der Waals surface area (Å²) in [5.74, 6) is 0. The number of rotatable bonds is 5. The van der Waals surface area contributed by atoms with E-state index in [1.165, 1.54) is 43.4 Å². The van der Waals surface area contributed by atoms with Crippen molar-refractivity contribution in [1.29, 1.82) is 0 Å². The largest absolute Gasteiger partial charge is 0.455 e. The molecule has 50 heavy (non-hydrogen) atoms. The van der Waals surface area contributed by atoms with Crippen molar-refractivity contribution in [3.63, 3.8) is 0 Å². The van der Waals surface area contributed by atoms with E-state index in [9.17, 15) is 0 Å². The second kappa shape index (κ2) is 11.5. The molecule has 0 radical (unpaired) electrons. The SMILES string of the molecule is c1ccc(N(c2ccc(-c3cc4c5ccccc5ccc4c4ccccc34)cc2)c2ccc(-c3cccc4c3oc3ccccc34)cc2)cc1. The minimum atomic E-state index is 0.912. The molecular weight excluding hydrogens is 607 g/mol. The van der Waals surface area contributed by atoms with E-state index in [4.69, 9.17) is 4.42 Å². The molecule has 1 heterocycles. The van der Waals surface area contributed by atoms with Crippen molar-refractivity contribution in [2.75, 3.05) is 4.90 Å².